The molecule has 1 heterocycles. The van der Waals surface area contributed by atoms with Crippen LogP contribution in [-0.2, 0) is 11.2 Å². The van der Waals surface area contributed by atoms with Gasteiger partial charge >= 0.3 is 6.36 Å². The largest absolute Gasteiger partial charge is 0.573 e. The molecule has 2 fully saturated rings. The van der Waals surface area contributed by atoms with E-state index >= 15 is 0 Å². The first kappa shape index (κ1) is 35.9. The van der Waals surface area contributed by atoms with Crippen LogP contribution in [0, 0.1) is 35.1 Å². The Bertz CT molecular complexity index is 1320. The minimum atomic E-state index is -5.19. The van der Waals surface area contributed by atoms with Crippen molar-refractivity contribution in [3.05, 3.63) is 82.2 Å². The smallest absolute Gasteiger partial charge is 0.399 e. The number of hydrogen-bond acceptors (Lipinski definition) is 2. The molecule has 254 valence electrons. The molecule has 1 saturated heterocycles. The molecular formula is C35H39F9O2. The van der Waals surface area contributed by atoms with Gasteiger partial charge in [-0.2, -0.15) is 0 Å². The van der Waals surface area contributed by atoms with Crippen molar-refractivity contribution in [1.29, 1.82) is 0 Å². The van der Waals surface area contributed by atoms with Crippen LogP contribution in [0.5, 0.6) is 5.75 Å². The Balaban J connectivity index is 1.21. The lowest BCUT2D eigenvalue weighted by Crippen LogP contribution is -2.25. The van der Waals surface area contributed by atoms with E-state index in [0.29, 0.717) is 37.9 Å². The summed E-state index contributed by atoms with van der Waals surface area (Å²) < 4.78 is 133. The molecule has 46 heavy (non-hydrogen) atoms. The molecule has 11 heteroatoms. The fraction of sp³-hybridized carbons (Fsp3) is 0.543. The highest BCUT2D eigenvalue weighted by molar-refractivity contribution is 5.61. The zero-order valence-corrected chi connectivity index (χ0v) is 25.7. The summed E-state index contributed by atoms with van der Waals surface area (Å²) in [5.74, 6) is -8.14. The highest BCUT2D eigenvalue weighted by atomic mass is 19.4. The van der Waals surface area contributed by atoms with Crippen LogP contribution < -0.4 is 4.74 Å². The molecule has 2 aromatic carbocycles. The number of unbranched alkanes of at least 4 members (excludes halogenated alkanes) is 2. The normalized spacial score (nSPS) is 23.1. The molecule has 0 amide bonds. The number of ether oxygens (including phenoxy) is 2. The minimum Gasteiger partial charge on any atom is -0.399 e. The first-order chi connectivity index (χ1) is 21.8. The SMILES string of the molecule is CCCCCC(F)=C(F)c1cc(F)c(CCC2CCC(C=CC3CCC(c4cc(F)c(OC(F)(F)F)c(F)c4)CC3)OC2)c(F)c1. The second kappa shape index (κ2) is 16.2. The van der Waals surface area contributed by atoms with Gasteiger partial charge < -0.3 is 9.47 Å². The first-order valence-corrected chi connectivity index (χ1v) is 15.9. The Labute approximate surface area is 263 Å². The molecule has 4 rings (SSSR count). The van der Waals surface area contributed by atoms with E-state index in [1.165, 1.54) is 0 Å². The van der Waals surface area contributed by atoms with E-state index in [9.17, 15) is 39.5 Å². The standard InChI is InChI=1S/C35H39F9O2/c1-2-3-4-5-28(36)33(41)25-18-29(37)27(30(38)19-25)15-10-22-9-14-26(45-20-22)13-8-21-6-11-23(12-7-21)24-16-31(39)34(32(40)17-24)46-35(42,43)44/h8,13,16-19,21-23,26H,2-7,9-12,14-15,20H2,1H3. The van der Waals surface area contributed by atoms with E-state index in [1.54, 1.807) is 0 Å². The van der Waals surface area contributed by atoms with Crippen LogP contribution >= 0.6 is 0 Å². The fourth-order valence-corrected chi connectivity index (χ4v) is 6.27. The second-order valence-electron chi connectivity index (χ2n) is 12.3. The fourth-order valence-electron chi connectivity index (χ4n) is 6.27. The van der Waals surface area contributed by atoms with Crippen molar-refractivity contribution in [2.24, 2.45) is 11.8 Å². The van der Waals surface area contributed by atoms with E-state index in [-0.39, 0.29) is 42.3 Å². The average Bonchev–Trinajstić information content (AvgIpc) is 3.01. The molecule has 2 unspecified atom stereocenters. The zero-order chi connectivity index (χ0) is 33.4. The number of benzene rings is 2. The molecule has 1 aliphatic heterocycles. The van der Waals surface area contributed by atoms with Crippen molar-refractivity contribution in [2.45, 2.75) is 102 Å². The third-order valence-corrected chi connectivity index (χ3v) is 8.92. The van der Waals surface area contributed by atoms with Crippen LogP contribution in [-0.4, -0.2) is 19.1 Å². The highest BCUT2D eigenvalue weighted by Crippen LogP contribution is 2.39. The lowest BCUT2D eigenvalue weighted by Gasteiger charge is -2.29. The molecule has 2 nitrogen and oxygen atoms in total. The van der Waals surface area contributed by atoms with Crippen molar-refractivity contribution in [3.8, 4) is 5.75 Å². The summed E-state index contributed by atoms with van der Waals surface area (Å²) in [6.07, 6.45) is 5.45. The minimum absolute atomic E-state index is 0.0833. The monoisotopic (exact) mass is 662 g/mol. The van der Waals surface area contributed by atoms with Crippen LogP contribution in [0.3, 0.4) is 0 Å². The Hall–Kier alpha value is -2.95. The van der Waals surface area contributed by atoms with Gasteiger partial charge in [-0.3, -0.25) is 0 Å². The summed E-state index contributed by atoms with van der Waals surface area (Å²) in [5, 5.41) is 0. The molecule has 1 saturated carbocycles. The topological polar surface area (TPSA) is 18.5 Å². The van der Waals surface area contributed by atoms with E-state index in [1.807, 2.05) is 13.0 Å². The Morgan fingerprint density at radius 3 is 2.07 bits per heavy atom. The summed E-state index contributed by atoms with van der Waals surface area (Å²) in [6.45, 7) is 2.34. The summed E-state index contributed by atoms with van der Waals surface area (Å²) in [7, 11) is 0. The molecule has 0 N–H and O–H groups in total. The van der Waals surface area contributed by atoms with E-state index in [2.05, 4.69) is 10.8 Å². The van der Waals surface area contributed by atoms with Crippen molar-refractivity contribution in [1.82, 2.24) is 0 Å². The van der Waals surface area contributed by atoms with Gasteiger partial charge in [0.2, 0.25) is 5.75 Å². The number of allylic oxidation sites excluding steroid dienone is 2. The van der Waals surface area contributed by atoms with Crippen LogP contribution in [0.25, 0.3) is 5.83 Å². The van der Waals surface area contributed by atoms with Gasteiger partial charge in [0.05, 0.1) is 12.7 Å². The predicted molar refractivity (Wildman–Crippen MR) is 157 cm³/mol. The van der Waals surface area contributed by atoms with Gasteiger partial charge in [-0.25, -0.2) is 26.3 Å². The summed E-state index contributed by atoms with van der Waals surface area (Å²) in [6, 6.07) is 3.50. The third-order valence-electron chi connectivity index (χ3n) is 8.92. The lowest BCUT2D eigenvalue weighted by atomic mass is 9.78. The Kier molecular flexibility index (Phi) is 12.7. The molecule has 0 radical (unpaired) electrons. The third kappa shape index (κ3) is 10.0. The van der Waals surface area contributed by atoms with Crippen molar-refractivity contribution >= 4 is 5.83 Å². The number of halogens is 9. The Morgan fingerprint density at radius 1 is 0.848 bits per heavy atom. The molecule has 0 bridgehead atoms. The quantitative estimate of drug-likeness (QED) is 0.128. The van der Waals surface area contributed by atoms with E-state index in [0.717, 1.165) is 62.8 Å². The first-order valence-electron chi connectivity index (χ1n) is 15.9. The molecule has 1 aliphatic carbocycles. The van der Waals surface area contributed by atoms with Crippen LogP contribution in [0.1, 0.15) is 100 Å². The molecule has 0 spiro atoms. The molecule has 2 atom stereocenters. The van der Waals surface area contributed by atoms with Crippen LogP contribution in [0.15, 0.2) is 42.2 Å². The van der Waals surface area contributed by atoms with Crippen molar-refractivity contribution in [2.75, 3.05) is 6.61 Å². The lowest BCUT2D eigenvalue weighted by molar-refractivity contribution is -0.276. The highest BCUT2D eigenvalue weighted by Gasteiger charge is 2.35. The number of alkyl halides is 3. The average molecular weight is 663 g/mol. The van der Waals surface area contributed by atoms with Crippen LogP contribution in [0.4, 0.5) is 39.5 Å². The number of rotatable bonds is 12. The predicted octanol–water partition coefficient (Wildman–Crippen LogP) is 11.6. The van der Waals surface area contributed by atoms with Gasteiger partial charge in [-0.15, -0.1) is 13.2 Å². The molecule has 2 aliphatic rings. The summed E-state index contributed by atoms with van der Waals surface area (Å²) in [5.41, 5.74) is -0.287. The zero-order valence-electron chi connectivity index (χ0n) is 25.7. The van der Waals surface area contributed by atoms with E-state index < -0.39 is 52.6 Å². The van der Waals surface area contributed by atoms with Gasteiger partial charge in [0, 0.05) is 17.5 Å². The molecule has 2 aromatic rings. The van der Waals surface area contributed by atoms with Gasteiger partial charge in [-0.05, 0) is 105 Å². The van der Waals surface area contributed by atoms with Crippen molar-refractivity contribution in [3.63, 3.8) is 0 Å². The summed E-state index contributed by atoms with van der Waals surface area (Å²) in [4.78, 5) is 0. The van der Waals surface area contributed by atoms with Gasteiger partial charge in [0.15, 0.2) is 17.5 Å². The van der Waals surface area contributed by atoms with Gasteiger partial charge in [-0.1, -0.05) is 31.9 Å². The molecular weight excluding hydrogens is 623 g/mol. The van der Waals surface area contributed by atoms with Crippen LogP contribution in [0.2, 0.25) is 0 Å². The maximum absolute atomic E-state index is 14.7. The number of hydrogen-bond donors (Lipinski definition) is 0. The Morgan fingerprint density at radius 2 is 1.50 bits per heavy atom. The van der Waals surface area contributed by atoms with Crippen molar-refractivity contribution < 1.29 is 49.0 Å². The maximum Gasteiger partial charge on any atom is 0.573 e. The second-order valence-corrected chi connectivity index (χ2v) is 12.3. The van der Waals surface area contributed by atoms with Gasteiger partial charge in [0.25, 0.3) is 0 Å². The van der Waals surface area contributed by atoms with E-state index in [4.69, 9.17) is 4.74 Å². The summed E-state index contributed by atoms with van der Waals surface area (Å²) >= 11 is 0. The maximum atomic E-state index is 14.7. The molecule has 0 aromatic heterocycles. The van der Waals surface area contributed by atoms with Gasteiger partial charge in [0.1, 0.15) is 17.5 Å².